The first kappa shape index (κ1) is 22.0. The quantitative estimate of drug-likeness (QED) is 0.627. The Morgan fingerprint density at radius 3 is 2.54 bits per heavy atom. The van der Waals surface area contributed by atoms with E-state index in [1.165, 1.54) is 26.5 Å². The van der Waals surface area contributed by atoms with Crippen molar-refractivity contribution in [2.24, 2.45) is 5.73 Å². The Labute approximate surface area is 165 Å². The van der Waals surface area contributed by atoms with Gasteiger partial charge in [0.15, 0.2) is 0 Å². The topological polar surface area (TPSA) is 120 Å². The number of ether oxygens (including phenoxy) is 1. The molecule has 1 atom stereocenters. The van der Waals surface area contributed by atoms with Crippen molar-refractivity contribution in [1.29, 1.82) is 0 Å². The van der Waals surface area contributed by atoms with Gasteiger partial charge in [0, 0.05) is 26.5 Å². The number of benzene rings is 1. The first-order chi connectivity index (χ1) is 13.0. The Balaban J connectivity index is 2.26. The minimum absolute atomic E-state index is 0.0245. The Hall–Kier alpha value is -2.27. The molecule has 0 saturated carbocycles. The number of aromatic nitrogens is 2. The molecule has 3 N–H and O–H groups in total. The van der Waals surface area contributed by atoms with Crippen molar-refractivity contribution in [1.82, 2.24) is 18.6 Å². The van der Waals surface area contributed by atoms with Crippen LogP contribution in [0.2, 0.25) is 0 Å². The van der Waals surface area contributed by atoms with Gasteiger partial charge >= 0.3 is 10.2 Å². The van der Waals surface area contributed by atoms with Crippen molar-refractivity contribution in [3.05, 3.63) is 54.1 Å². The highest BCUT2D eigenvalue weighted by Crippen LogP contribution is 2.17. The molecule has 1 unspecified atom stereocenters. The lowest BCUT2D eigenvalue weighted by atomic mass is 10.1. The number of hydrogen-bond donors (Lipinski definition) is 2. The van der Waals surface area contributed by atoms with Gasteiger partial charge in [0.05, 0.1) is 18.8 Å². The van der Waals surface area contributed by atoms with Gasteiger partial charge in [-0.3, -0.25) is 4.79 Å². The second kappa shape index (κ2) is 8.82. The van der Waals surface area contributed by atoms with Gasteiger partial charge < -0.3 is 15.8 Å². The van der Waals surface area contributed by atoms with E-state index < -0.39 is 27.7 Å². The van der Waals surface area contributed by atoms with Crippen molar-refractivity contribution in [2.75, 3.05) is 20.7 Å². The largest absolute Gasteiger partial charge is 0.374 e. The molecule has 0 aliphatic heterocycles. The van der Waals surface area contributed by atoms with Crippen LogP contribution in [0, 0.1) is 0 Å². The molecule has 28 heavy (non-hydrogen) atoms. The number of carbonyl (C=O) groups excluding carboxylic acids is 1. The van der Waals surface area contributed by atoms with Crippen LogP contribution in [0.15, 0.2) is 42.7 Å². The predicted molar refractivity (Wildman–Crippen MR) is 105 cm³/mol. The number of rotatable bonds is 9. The van der Waals surface area contributed by atoms with Gasteiger partial charge in [-0.25, -0.2) is 8.96 Å². The molecule has 2 rings (SSSR count). The summed E-state index contributed by atoms with van der Waals surface area (Å²) in [4.78, 5) is 16.6. The molecule has 1 amide bonds. The van der Waals surface area contributed by atoms with Crippen LogP contribution in [0.5, 0.6) is 0 Å². The summed E-state index contributed by atoms with van der Waals surface area (Å²) in [6.45, 7) is 3.46. The van der Waals surface area contributed by atoms with Crippen molar-refractivity contribution in [3.8, 4) is 0 Å². The van der Waals surface area contributed by atoms with E-state index in [0.29, 0.717) is 6.61 Å². The number of imidazole rings is 1. The van der Waals surface area contributed by atoms with Crippen LogP contribution in [0.25, 0.3) is 0 Å². The average molecular weight is 410 g/mol. The standard InChI is InChI=1S/C18H27N5O4S/c1-18(2,19)17(24)21-15(13-27-12-14-8-6-5-7-9-14)16-20-10-11-23(16)28(25,26)22(3)4/h5-11,15H,12-13,19H2,1-4H3,(H,21,24). The van der Waals surface area contributed by atoms with Gasteiger partial charge in [0.1, 0.15) is 11.9 Å². The van der Waals surface area contributed by atoms with Crippen molar-refractivity contribution >= 4 is 16.1 Å². The first-order valence-electron chi connectivity index (χ1n) is 8.71. The van der Waals surface area contributed by atoms with E-state index in [-0.39, 0.29) is 12.4 Å². The highest BCUT2D eigenvalue weighted by Gasteiger charge is 2.30. The second-order valence-corrected chi connectivity index (χ2v) is 9.14. The van der Waals surface area contributed by atoms with E-state index in [1.54, 1.807) is 13.8 Å². The van der Waals surface area contributed by atoms with Gasteiger partial charge in [0.2, 0.25) is 5.91 Å². The molecule has 0 saturated heterocycles. The molecule has 0 aliphatic rings. The van der Waals surface area contributed by atoms with Crippen LogP contribution < -0.4 is 11.1 Å². The zero-order chi connectivity index (χ0) is 20.9. The minimum atomic E-state index is -3.81. The van der Waals surface area contributed by atoms with Crippen molar-refractivity contribution in [3.63, 3.8) is 0 Å². The molecular weight excluding hydrogens is 382 g/mol. The van der Waals surface area contributed by atoms with Crippen LogP contribution in [0.4, 0.5) is 0 Å². The minimum Gasteiger partial charge on any atom is -0.374 e. The monoisotopic (exact) mass is 409 g/mol. The molecule has 0 spiro atoms. The summed E-state index contributed by atoms with van der Waals surface area (Å²) in [6, 6.07) is 8.71. The summed E-state index contributed by atoms with van der Waals surface area (Å²) < 4.78 is 32.9. The van der Waals surface area contributed by atoms with Gasteiger partial charge in [-0.15, -0.1) is 0 Å². The zero-order valence-corrected chi connectivity index (χ0v) is 17.3. The summed E-state index contributed by atoms with van der Waals surface area (Å²) in [6.07, 6.45) is 2.69. The highest BCUT2D eigenvalue weighted by molar-refractivity contribution is 7.87. The molecule has 0 fully saturated rings. The second-order valence-electron chi connectivity index (χ2n) is 7.12. The van der Waals surface area contributed by atoms with Gasteiger partial charge in [-0.1, -0.05) is 30.3 Å². The lowest BCUT2D eigenvalue weighted by Gasteiger charge is -2.25. The van der Waals surface area contributed by atoms with Crippen molar-refractivity contribution < 1.29 is 17.9 Å². The normalized spacial score (nSPS) is 13.5. The van der Waals surface area contributed by atoms with E-state index in [0.717, 1.165) is 13.8 Å². The number of nitrogens with zero attached hydrogens (tertiary/aromatic N) is 3. The fraction of sp³-hybridized carbons (Fsp3) is 0.444. The van der Waals surface area contributed by atoms with E-state index in [4.69, 9.17) is 10.5 Å². The summed E-state index contributed by atoms with van der Waals surface area (Å²) in [5.41, 5.74) is 5.68. The number of hydrogen-bond acceptors (Lipinski definition) is 6. The molecule has 154 valence electrons. The molecule has 1 heterocycles. The van der Waals surface area contributed by atoms with E-state index >= 15 is 0 Å². The van der Waals surface area contributed by atoms with Crippen LogP contribution in [0.3, 0.4) is 0 Å². The van der Waals surface area contributed by atoms with Gasteiger partial charge in [-0.05, 0) is 19.4 Å². The molecule has 0 aliphatic carbocycles. The lowest BCUT2D eigenvalue weighted by Crippen LogP contribution is -2.51. The van der Waals surface area contributed by atoms with Crippen LogP contribution in [-0.2, 0) is 26.3 Å². The molecule has 1 aromatic heterocycles. The maximum absolute atomic E-state index is 12.6. The highest BCUT2D eigenvalue weighted by atomic mass is 32.2. The number of carbonyl (C=O) groups is 1. The van der Waals surface area contributed by atoms with Crippen LogP contribution in [0.1, 0.15) is 31.3 Å². The SMILES string of the molecule is CN(C)S(=O)(=O)n1ccnc1C(COCc1ccccc1)NC(=O)C(C)(C)N. The third kappa shape index (κ3) is 5.38. The molecule has 0 radical (unpaired) electrons. The fourth-order valence-corrected chi connectivity index (χ4v) is 3.28. The molecule has 2 aromatic rings. The average Bonchev–Trinajstić information content (AvgIpc) is 3.11. The summed E-state index contributed by atoms with van der Waals surface area (Å²) in [7, 11) is -0.972. The fourth-order valence-electron chi connectivity index (χ4n) is 2.31. The smallest absolute Gasteiger partial charge is 0.308 e. The Kier molecular flexibility index (Phi) is 6.94. The van der Waals surface area contributed by atoms with E-state index in [2.05, 4.69) is 10.3 Å². The Bertz CT molecular complexity index is 888. The number of nitrogens with two attached hydrogens (primary N) is 1. The molecule has 0 bridgehead atoms. The van der Waals surface area contributed by atoms with Crippen LogP contribution in [-0.4, -0.2) is 53.8 Å². The van der Waals surface area contributed by atoms with Gasteiger partial charge in [0.25, 0.3) is 0 Å². The lowest BCUT2D eigenvalue weighted by molar-refractivity contribution is -0.126. The van der Waals surface area contributed by atoms with Gasteiger partial charge in [-0.2, -0.15) is 12.7 Å². The third-order valence-corrected chi connectivity index (χ3v) is 5.67. The molecule has 9 nitrogen and oxygen atoms in total. The molecule has 10 heteroatoms. The van der Waals surface area contributed by atoms with E-state index in [9.17, 15) is 13.2 Å². The third-order valence-electron chi connectivity index (χ3n) is 3.94. The van der Waals surface area contributed by atoms with Crippen molar-refractivity contribution in [2.45, 2.75) is 32.0 Å². The van der Waals surface area contributed by atoms with Crippen LogP contribution >= 0.6 is 0 Å². The summed E-state index contributed by atoms with van der Waals surface area (Å²) in [5, 5.41) is 2.74. The summed E-state index contributed by atoms with van der Waals surface area (Å²) >= 11 is 0. The number of nitrogens with one attached hydrogen (secondary N) is 1. The molecule has 1 aromatic carbocycles. The predicted octanol–water partition coefficient (Wildman–Crippen LogP) is 0.649. The van der Waals surface area contributed by atoms with E-state index in [1.807, 2.05) is 30.3 Å². The maximum Gasteiger partial charge on any atom is 0.308 e. The first-order valence-corrected chi connectivity index (χ1v) is 10.1. The summed E-state index contributed by atoms with van der Waals surface area (Å²) in [5.74, 6) is -0.308. The Morgan fingerprint density at radius 2 is 1.96 bits per heavy atom. The maximum atomic E-state index is 12.6. The number of amides is 1. The Morgan fingerprint density at radius 1 is 1.32 bits per heavy atom. The zero-order valence-electron chi connectivity index (χ0n) is 16.5. The molecular formula is C18H27N5O4S.